The van der Waals surface area contributed by atoms with Gasteiger partial charge in [0.1, 0.15) is 12.1 Å². The van der Waals surface area contributed by atoms with Crippen molar-refractivity contribution in [3.05, 3.63) is 89.7 Å². The Hall–Kier alpha value is -4.32. The van der Waals surface area contributed by atoms with E-state index in [0.717, 1.165) is 47.1 Å². The molecular formula is C34H37F3N6O2S. The van der Waals surface area contributed by atoms with Gasteiger partial charge in [-0.1, -0.05) is 68.9 Å². The molecule has 5 rings (SSSR count). The van der Waals surface area contributed by atoms with Gasteiger partial charge in [-0.15, -0.1) is 18.3 Å². The highest BCUT2D eigenvalue weighted by Gasteiger charge is 2.31. The van der Waals surface area contributed by atoms with Gasteiger partial charge in [0, 0.05) is 36.0 Å². The third-order valence-electron chi connectivity index (χ3n) is 7.81. The summed E-state index contributed by atoms with van der Waals surface area (Å²) in [5, 5.41) is 8.22. The summed E-state index contributed by atoms with van der Waals surface area (Å²) in [4.78, 5) is 24.1. The molecule has 2 heterocycles. The number of halogens is 3. The van der Waals surface area contributed by atoms with Crippen molar-refractivity contribution in [3.63, 3.8) is 0 Å². The summed E-state index contributed by atoms with van der Waals surface area (Å²) in [5.74, 6) is 1.53. The van der Waals surface area contributed by atoms with Crippen LogP contribution in [0, 0.1) is 6.92 Å². The summed E-state index contributed by atoms with van der Waals surface area (Å²) >= 11 is 1.61. The number of anilines is 1. The van der Waals surface area contributed by atoms with Crippen molar-refractivity contribution < 1.29 is 22.7 Å². The Labute approximate surface area is 271 Å². The van der Waals surface area contributed by atoms with Crippen LogP contribution in [0.1, 0.15) is 62.1 Å². The molecular weight excluding hydrogens is 613 g/mol. The second-order valence-electron chi connectivity index (χ2n) is 11.4. The fourth-order valence-corrected chi connectivity index (χ4v) is 6.54. The van der Waals surface area contributed by atoms with Gasteiger partial charge in [0.25, 0.3) is 0 Å². The van der Waals surface area contributed by atoms with E-state index in [4.69, 9.17) is 0 Å². The lowest BCUT2D eigenvalue weighted by atomic mass is 9.95. The van der Waals surface area contributed by atoms with E-state index in [1.807, 2.05) is 24.3 Å². The molecule has 4 aromatic rings. The molecule has 0 bridgehead atoms. The van der Waals surface area contributed by atoms with E-state index in [1.54, 1.807) is 11.8 Å². The van der Waals surface area contributed by atoms with Gasteiger partial charge in [0.05, 0.1) is 5.69 Å². The normalized spacial score (nSPS) is 15.3. The van der Waals surface area contributed by atoms with Crippen LogP contribution >= 0.6 is 11.8 Å². The zero-order chi connectivity index (χ0) is 32.8. The van der Waals surface area contributed by atoms with Gasteiger partial charge in [-0.3, -0.25) is 0 Å². The van der Waals surface area contributed by atoms with E-state index in [9.17, 15) is 18.0 Å². The number of aryl methyl sites for hydroxylation is 1. The molecule has 242 valence electrons. The Kier molecular flexibility index (Phi) is 10.4. The van der Waals surface area contributed by atoms with E-state index in [0.29, 0.717) is 24.0 Å². The molecule has 0 saturated carbocycles. The fraction of sp³-hybridized carbons (Fsp3) is 0.353. The molecule has 1 unspecified atom stereocenters. The number of alkyl halides is 3. The summed E-state index contributed by atoms with van der Waals surface area (Å²) in [6, 6.07) is 19.2. The zero-order valence-electron chi connectivity index (χ0n) is 26.2. The molecule has 1 fully saturated rings. The number of hydrogen-bond donors (Lipinski definition) is 1. The highest BCUT2D eigenvalue weighted by Crippen LogP contribution is 2.34. The first-order chi connectivity index (χ1) is 22.0. The van der Waals surface area contributed by atoms with Gasteiger partial charge in [-0.05, 0) is 72.7 Å². The van der Waals surface area contributed by atoms with Gasteiger partial charge in [-0.25, -0.2) is 14.5 Å². The number of carbonyl (C=O) groups excluding carboxylic acids is 1. The summed E-state index contributed by atoms with van der Waals surface area (Å²) in [6.07, 6.45) is -1.41. The van der Waals surface area contributed by atoms with Crippen molar-refractivity contribution >= 4 is 28.6 Å². The number of carbonyl (C=O) groups is 1. The zero-order valence-corrected chi connectivity index (χ0v) is 27.0. The lowest BCUT2D eigenvalue weighted by molar-refractivity contribution is -0.274. The topological polar surface area (TPSA) is 84.6 Å². The van der Waals surface area contributed by atoms with Gasteiger partial charge in [-0.2, -0.15) is 4.99 Å². The van der Waals surface area contributed by atoms with Crippen molar-refractivity contribution in [2.45, 2.75) is 58.7 Å². The van der Waals surface area contributed by atoms with Crippen LogP contribution in [0.2, 0.25) is 0 Å². The molecule has 3 aromatic carbocycles. The Morgan fingerprint density at radius 3 is 2.50 bits per heavy atom. The van der Waals surface area contributed by atoms with E-state index < -0.39 is 6.36 Å². The summed E-state index contributed by atoms with van der Waals surface area (Å²) < 4.78 is 42.8. The molecule has 2 amide bonds. The minimum Gasteiger partial charge on any atom is -0.406 e. The Morgan fingerprint density at radius 2 is 1.83 bits per heavy atom. The number of thioether (sulfide) groups is 1. The molecule has 0 spiro atoms. The van der Waals surface area contributed by atoms with Gasteiger partial charge in [0.15, 0.2) is 11.0 Å². The average molecular weight is 651 g/mol. The summed E-state index contributed by atoms with van der Waals surface area (Å²) in [5.41, 5.74) is 6.03. The first-order valence-corrected chi connectivity index (χ1v) is 16.3. The maximum Gasteiger partial charge on any atom is 0.573 e. The molecule has 1 atom stereocenters. The molecule has 1 saturated heterocycles. The molecule has 1 aromatic heterocycles. The molecule has 8 nitrogen and oxygen atoms in total. The van der Waals surface area contributed by atoms with Crippen LogP contribution in [-0.4, -0.2) is 51.2 Å². The lowest BCUT2D eigenvalue weighted by Gasteiger charge is -2.32. The number of nitrogens with one attached hydrogen (secondary N) is 1. The number of urea groups is 1. The SMILES string of the molecule is CCC(CNC(=O)N=C1SCCCN1c1cccc(C)c1C(C)C)c1ccc(-c2ncn(-c3ccc(OC(F)(F)F)cc3)n2)cc1. The highest BCUT2D eigenvalue weighted by molar-refractivity contribution is 8.14. The number of aromatic nitrogens is 3. The Morgan fingerprint density at radius 1 is 1.09 bits per heavy atom. The minimum absolute atomic E-state index is 0.0839. The first kappa shape index (κ1) is 33.1. The number of hydrogen-bond acceptors (Lipinski definition) is 5. The number of benzene rings is 3. The minimum atomic E-state index is -4.75. The number of rotatable bonds is 9. The van der Waals surface area contributed by atoms with E-state index in [-0.39, 0.29) is 17.7 Å². The summed E-state index contributed by atoms with van der Waals surface area (Å²) in [7, 11) is 0. The summed E-state index contributed by atoms with van der Waals surface area (Å²) in [6.45, 7) is 9.85. The second kappa shape index (κ2) is 14.4. The van der Waals surface area contributed by atoms with E-state index in [1.165, 1.54) is 46.4 Å². The van der Waals surface area contributed by atoms with E-state index >= 15 is 0 Å². The van der Waals surface area contributed by atoms with Crippen LogP contribution in [0.25, 0.3) is 17.1 Å². The maximum absolute atomic E-state index is 13.0. The van der Waals surface area contributed by atoms with Crippen LogP contribution in [0.15, 0.2) is 78.0 Å². The van der Waals surface area contributed by atoms with Gasteiger partial charge < -0.3 is 15.0 Å². The molecule has 1 aliphatic rings. The van der Waals surface area contributed by atoms with E-state index in [2.05, 4.69) is 75.9 Å². The number of aliphatic imine (C=N–C) groups is 1. The number of nitrogens with zero attached hydrogens (tertiary/aromatic N) is 5. The number of amides is 2. The maximum atomic E-state index is 13.0. The molecule has 12 heteroatoms. The van der Waals surface area contributed by atoms with Crippen molar-refractivity contribution in [1.82, 2.24) is 20.1 Å². The Bertz CT molecular complexity index is 1670. The first-order valence-electron chi connectivity index (χ1n) is 15.3. The monoisotopic (exact) mass is 650 g/mol. The van der Waals surface area contributed by atoms with Gasteiger partial charge in [0.2, 0.25) is 0 Å². The Balaban J connectivity index is 1.22. The highest BCUT2D eigenvalue weighted by atomic mass is 32.2. The van der Waals surface area contributed by atoms with Crippen molar-refractivity contribution in [1.29, 1.82) is 0 Å². The predicted octanol–water partition coefficient (Wildman–Crippen LogP) is 8.47. The van der Waals surface area contributed by atoms with Gasteiger partial charge >= 0.3 is 12.4 Å². The van der Waals surface area contributed by atoms with Crippen molar-refractivity contribution in [2.75, 3.05) is 23.7 Å². The second-order valence-corrected chi connectivity index (χ2v) is 12.4. The fourth-order valence-electron chi connectivity index (χ4n) is 5.59. The number of ether oxygens (including phenoxy) is 1. The van der Waals surface area contributed by atoms with Crippen LogP contribution in [-0.2, 0) is 0 Å². The quantitative estimate of drug-likeness (QED) is 0.196. The molecule has 46 heavy (non-hydrogen) atoms. The van der Waals surface area contributed by atoms with Crippen molar-refractivity contribution in [2.24, 2.45) is 4.99 Å². The molecule has 0 aliphatic carbocycles. The molecule has 1 aliphatic heterocycles. The third-order valence-corrected chi connectivity index (χ3v) is 8.88. The molecule has 1 N–H and O–H groups in total. The van der Waals surface area contributed by atoms with Crippen LogP contribution in [0.5, 0.6) is 5.75 Å². The standard InChI is InChI=1S/C34H37F3N6O2S/c1-5-24(20-38-32(44)40-33-42(18-7-19-46-33)29-9-6-8-23(4)30(29)22(2)3)25-10-12-26(13-11-25)31-39-21-43(41-31)27-14-16-28(17-15-27)45-34(35,36)37/h6,8-17,21-22,24H,5,7,18-20H2,1-4H3,(H,38,44). The lowest BCUT2D eigenvalue weighted by Crippen LogP contribution is -2.37. The average Bonchev–Trinajstić information content (AvgIpc) is 3.52. The number of amidine groups is 1. The van der Waals surface area contributed by atoms with Crippen LogP contribution < -0.4 is 15.0 Å². The third kappa shape index (κ3) is 8.09. The van der Waals surface area contributed by atoms with Crippen LogP contribution in [0.3, 0.4) is 0 Å². The molecule has 0 radical (unpaired) electrons. The smallest absolute Gasteiger partial charge is 0.406 e. The van der Waals surface area contributed by atoms with Crippen LogP contribution in [0.4, 0.5) is 23.7 Å². The predicted molar refractivity (Wildman–Crippen MR) is 177 cm³/mol. The largest absolute Gasteiger partial charge is 0.573 e. The van der Waals surface area contributed by atoms with Crippen molar-refractivity contribution in [3.8, 4) is 22.8 Å².